The molecule has 140 valence electrons. The fraction of sp³-hybridized carbons (Fsp3) is 0.667. The van der Waals surface area contributed by atoms with Gasteiger partial charge in [0.25, 0.3) is 0 Å². The van der Waals surface area contributed by atoms with E-state index in [1.54, 1.807) is 0 Å². The van der Waals surface area contributed by atoms with Gasteiger partial charge < -0.3 is 24.7 Å². The maximum atomic E-state index is 12.4. The highest BCUT2D eigenvalue weighted by atomic mass is 16.6. The summed E-state index contributed by atoms with van der Waals surface area (Å²) in [6, 6.07) is 3.94. The second kappa shape index (κ2) is 8.38. The highest BCUT2D eigenvalue weighted by Gasteiger charge is 2.35. The number of ether oxygens (including phenoxy) is 2. The van der Waals surface area contributed by atoms with Crippen molar-refractivity contribution in [2.45, 2.75) is 51.2 Å². The number of carbonyl (C=O) groups excluding carboxylic acids is 2. The van der Waals surface area contributed by atoms with Crippen LogP contribution in [-0.4, -0.2) is 48.5 Å². The third-order valence-electron chi connectivity index (χ3n) is 4.18. The molecule has 2 rings (SSSR count). The number of nitrogens with zero attached hydrogens (tertiary/aromatic N) is 1. The van der Waals surface area contributed by atoms with E-state index in [9.17, 15) is 9.59 Å². The number of rotatable bonds is 6. The van der Waals surface area contributed by atoms with Crippen LogP contribution in [0.5, 0.6) is 0 Å². The minimum absolute atomic E-state index is 0.0263. The minimum Gasteiger partial charge on any atom is -0.444 e. The highest BCUT2D eigenvalue weighted by molar-refractivity contribution is 5.77. The molecular formula is C18H29N3O4. The molecule has 0 spiro atoms. The van der Waals surface area contributed by atoms with Crippen LogP contribution in [0.15, 0.2) is 24.5 Å². The van der Waals surface area contributed by atoms with Crippen molar-refractivity contribution in [3.63, 3.8) is 0 Å². The molecule has 0 bridgehead atoms. The van der Waals surface area contributed by atoms with Crippen molar-refractivity contribution in [2.75, 3.05) is 26.3 Å². The summed E-state index contributed by atoms with van der Waals surface area (Å²) < 4.78 is 12.7. The number of alkyl carbamates (subject to hydrolysis) is 1. The van der Waals surface area contributed by atoms with Gasteiger partial charge in [-0.15, -0.1) is 0 Å². The summed E-state index contributed by atoms with van der Waals surface area (Å²) in [4.78, 5) is 23.9. The monoisotopic (exact) mass is 351 g/mol. The molecule has 0 atom stereocenters. The molecule has 1 aromatic rings. The van der Waals surface area contributed by atoms with Gasteiger partial charge in [0.05, 0.1) is 12.0 Å². The Labute approximate surface area is 149 Å². The van der Waals surface area contributed by atoms with Crippen LogP contribution in [-0.2, 0) is 19.8 Å². The second-order valence-electron chi connectivity index (χ2n) is 7.38. The van der Waals surface area contributed by atoms with Gasteiger partial charge in [0.15, 0.2) is 0 Å². The van der Waals surface area contributed by atoms with E-state index in [0.29, 0.717) is 32.7 Å². The SMILES string of the molecule is CC(C)(C)OC(=O)NCCNC(=O)CC1(n2cccc2)CCOCC1. The molecule has 1 saturated heterocycles. The first kappa shape index (κ1) is 19.3. The maximum absolute atomic E-state index is 12.4. The summed E-state index contributed by atoms with van der Waals surface area (Å²) in [7, 11) is 0. The zero-order valence-corrected chi connectivity index (χ0v) is 15.3. The summed E-state index contributed by atoms with van der Waals surface area (Å²) in [6.07, 6.45) is 5.55. The lowest BCUT2D eigenvalue weighted by atomic mass is 9.86. The quantitative estimate of drug-likeness (QED) is 0.769. The molecule has 0 saturated carbocycles. The van der Waals surface area contributed by atoms with Gasteiger partial charge >= 0.3 is 6.09 Å². The van der Waals surface area contributed by atoms with E-state index in [2.05, 4.69) is 15.2 Å². The molecule has 7 nitrogen and oxygen atoms in total. The van der Waals surface area contributed by atoms with Gasteiger partial charge in [-0.25, -0.2) is 4.79 Å². The summed E-state index contributed by atoms with van der Waals surface area (Å²) in [6.45, 7) is 7.45. The third kappa shape index (κ3) is 6.08. The first-order valence-corrected chi connectivity index (χ1v) is 8.76. The van der Waals surface area contributed by atoms with Gasteiger partial charge in [-0.1, -0.05) is 0 Å². The van der Waals surface area contributed by atoms with Crippen LogP contribution in [0, 0.1) is 0 Å². The summed E-state index contributed by atoms with van der Waals surface area (Å²) in [5.41, 5.74) is -0.760. The van der Waals surface area contributed by atoms with Gasteiger partial charge in [-0.2, -0.15) is 0 Å². The number of hydrogen-bond donors (Lipinski definition) is 2. The number of aromatic nitrogens is 1. The zero-order valence-electron chi connectivity index (χ0n) is 15.3. The van der Waals surface area contributed by atoms with Crippen molar-refractivity contribution in [1.82, 2.24) is 15.2 Å². The molecule has 2 N–H and O–H groups in total. The zero-order chi connectivity index (χ0) is 18.3. The molecule has 2 amide bonds. The van der Waals surface area contributed by atoms with Gasteiger partial charge in [-0.3, -0.25) is 4.79 Å². The van der Waals surface area contributed by atoms with Crippen molar-refractivity contribution in [3.8, 4) is 0 Å². The number of amides is 2. The summed E-state index contributed by atoms with van der Waals surface area (Å²) >= 11 is 0. The molecule has 0 unspecified atom stereocenters. The van der Waals surface area contributed by atoms with E-state index in [1.165, 1.54) is 0 Å². The fourth-order valence-corrected chi connectivity index (χ4v) is 2.97. The standard InChI is InChI=1S/C18H29N3O4/c1-17(2,3)25-16(23)20-9-8-19-15(22)14-18(6-12-24-13-7-18)21-10-4-5-11-21/h4-5,10-11H,6-9,12-14H2,1-3H3,(H,19,22)(H,20,23). The van der Waals surface area contributed by atoms with Crippen molar-refractivity contribution in [2.24, 2.45) is 0 Å². The Kier molecular flexibility index (Phi) is 6.47. The Bertz CT molecular complexity index is 557. The van der Waals surface area contributed by atoms with E-state index in [-0.39, 0.29) is 11.4 Å². The average molecular weight is 351 g/mol. The van der Waals surface area contributed by atoms with Gasteiger partial charge in [0.2, 0.25) is 5.91 Å². The number of carbonyl (C=O) groups is 2. The van der Waals surface area contributed by atoms with Crippen LogP contribution in [0.25, 0.3) is 0 Å². The Morgan fingerprint density at radius 2 is 1.72 bits per heavy atom. The first-order chi connectivity index (χ1) is 11.8. The molecule has 0 aliphatic carbocycles. The second-order valence-corrected chi connectivity index (χ2v) is 7.38. The molecule has 2 heterocycles. The Morgan fingerprint density at radius 1 is 1.12 bits per heavy atom. The maximum Gasteiger partial charge on any atom is 0.407 e. The third-order valence-corrected chi connectivity index (χ3v) is 4.18. The average Bonchev–Trinajstić information content (AvgIpc) is 3.06. The lowest BCUT2D eigenvalue weighted by molar-refractivity contribution is -0.124. The predicted molar refractivity (Wildman–Crippen MR) is 94.3 cm³/mol. The van der Waals surface area contributed by atoms with Gasteiger partial charge in [-0.05, 0) is 45.7 Å². The highest BCUT2D eigenvalue weighted by Crippen LogP contribution is 2.32. The van der Waals surface area contributed by atoms with Gasteiger partial charge in [0, 0.05) is 38.7 Å². The molecule has 1 aliphatic heterocycles. The fourth-order valence-electron chi connectivity index (χ4n) is 2.97. The Morgan fingerprint density at radius 3 is 2.32 bits per heavy atom. The van der Waals surface area contributed by atoms with E-state index in [4.69, 9.17) is 9.47 Å². The van der Waals surface area contributed by atoms with E-state index in [1.807, 2.05) is 45.3 Å². The molecule has 25 heavy (non-hydrogen) atoms. The number of hydrogen-bond acceptors (Lipinski definition) is 4. The normalized spacial score (nSPS) is 16.9. The Balaban J connectivity index is 1.77. The summed E-state index contributed by atoms with van der Waals surface area (Å²) in [5.74, 6) is -0.0263. The smallest absolute Gasteiger partial charge is 0.407 e. The van der Waals surface area contributed by atoms with Crippen molar-refractivity contribution in [3.05, 3.63) is 24.5 Å². The van der Waals surface area contributed by atoms with Crippen molar-refractivity contribution >= 4 is 12.0 Å². The van der Waals surface area contributed by atoms with E-state index >= 15 is 0 Å². The number of nitrogens with one attached hydrogen (secondary N) is 2. The lowest BCUT2D eigenvalue weighted by Crippen LogP contribution is -2.44. The van der Waals surface area contributed by atoms with Crippen LogP contribution < -0.4 is 10.6 Å². The Hall–Kier alpha value is -2.02. The van der Waals surface area contributed by atoms with Crippen LogP contribution in [0.2, 0.25) is 0 Å². The van der Waals surface area contributed by atoms with Crippen molar-refractivity contribution < 1.29 is 19.1 Å². The molecular weight excluding hydrogens is 322 g/mol. The molecule has 1 fully saturated rings. The molecule has 1 aliphatic rings. The van der Waals surface area contributed by atoms with Crippen LogP contribution in [0.1, 0.15) is 40.0 Å². The van der Waals surface area contributed by atoms with Gasteiger partial charge in [0.1, 0.15) is 5.60 Å². The van der Waals surface area contributed by atoms with Crippen molar-refractivity contribution in [1.29, 1.82) is 0 Å². The molecule has 0 radical (unpaired) electrons. The van der Waals surface area contributed by atoms with Crippen LogP contribution in [0.4, 0.5) is 4.79 Å². The van der Waals surface area contributed by atoms with Crippen LogP contribution >= 0.6 is 0 Å². The predicted octanol–water partition coefficient (Wildman–Crippen LogP) is 2.02. The topological polar surface area (TPSA) is 81.6 Å². The van der Waals surface area contributed by atoms with E-state index in [0.717, 1.165) is 12.8 Å². The molecule has 1 aromatic heterocycles. The molecule has 7 heteroatoms. The molecule has 0 aromatic carbocycles. The largest absolute Gasteiger partial charge is 0.444 e. The van der Waals surface area contributed by atoms with Crippen LogP contribution in [0.3, 0.4) is 0 Å². The van der Waals surface area contributed by atoms with E-state index < -0.39 is 11.7 Å². The first-order valence-electron chi connectivity index (χ1n) is 8.76. The minimum atomic E-state index is -0.528. The summed E-state index contributed by atoms with van der Waals surface area (Å²) in [5, 5.41) is 5.51. The lowest BCUT2D eigenvalue weighted by Gasteiger charge is -2.38.